The number of rotatable bonds is 6. The summed E-state index contributed by atoms with van der Waals surface area (Å²) >= 11 is 0. The highest BCUT2D eigenvalue weighted by Crippen LogP contribution is 2.36. The third-order valence-corrected chi connectivity index (χ3v) is 5.45. The van der Waals surface area contributed by atoms with Gasteiger partial charge in [-0.2, -0.15) is 5.10 Å². The molecule has 0 spiro atoms. The average Bonchev–Trinajstić information content (AvgIpc) is 2.72. The molecule has 28 heavy (non-hydrogen) atoms. The lowest BCUT2D eigenvalue weighted by Gasteiger charge is -2.34. The molecule has 3 rings (SSSR count). The first-order valence-electron chi connectivity index (χ1n) is 9.84. The van der Waals surface area contributed by atoms with Gasteiger partial charge < -0.3 is 10.6 Å². The maximum atomic E-state index is 12.2. The Kier molecular flexibility index (Phi) is 6.73. The van der Waals surface area contributed by atoms with Crippen molar-refractivity contribution in [1.82, 2.24) is 21.0 Å². The van der Waals surface area contributed by atoms with Gasteiger partial charge in [0, 0.05) is 32.5 Å². The van der Waals surface area contributed by atoms with Gasteiger partial charge in [-0.15, -0.1) is 0 Å². The summed E-state index contributed by atoms with van der Waals surface area (Å²) in [5.74, 6) is 0.331. The Morgan fingerprint density at radius 2 is 2.00 bits per heavy atom. The van der Waals surface area contributed by atoms with Crippen LogP contribution < -0.4 is 16.1 Å². The molecule has 8 nitrogen and oxygen atoms in total. The summed E-state index contributed by atoms with van der Waals surface area (Å²) in [7, 11) is 0. The molecule has 1 atom stereocenters. The molecule has 1 aromatic rings. The van der Waals surface area contributed by atoms with Crippen LogP contribution in [0.2, 0.25) is 0 Å². The molecule has 8 heteroatoms. The highest BCUT2D eigenvalue weighted by molar-refractivity contribution is 6.39. The van der Waals surface area contributed by atoms with Crippen LogP contribution >= 0.6 is 0 Å². The molecule has 1 aromatic heterocycles. The fourth-order valence-electron chi connectivity index (χ4n) is 3.91. The monoisotopic (exact) mass is 385 g/mol. The van der Waals surface area contributed by atoms with Crippen LogP contribution in [-0.4, -0.2) is 35.0 Å². The van der Waals surface area contributed by atoms with E-state index in [1.165, 1.54) is 6.92 Å². The van der Waals surface area contributed by atoms with Crippen LogP contribution in [0.5, 0.6) is 0 Å². The third kappa shape index (κ3) is 5.37. The molecule has 150 valence electrons. The fraction of sp³-hybridized carbons (Fsp3) is 0.550. The van der Waals surface area contributed by atoms with Crippen LogP contribution in [0.1, 0.15) is 57.2 Å². The zero-order valence-corrected chi connectivity index (χ0v) is 16.1. The minimum atomic E-state index is -0.202. The number of carbonyl (C=O) groups excluding carboxylic acids is 3. The maximum absolute atomic E-state index is 12.2. The molecule has 3 N–H and O–H groups in total. The van der Waals surface area contributed by atoms with Gasteiger partial charge in [0.25, 0.3) is 5.91 Å². The van der Waals surface area contributed by atoms with Crippen LogP contribution in [0, 0.1) is 11.8 Å². The minimum absolute atomic E-state index is 0.0506. The van der Waals surface area contributed by atoms with E-state index in [1.54, 1.807) is 6.20 Å². The lowest BCUT2D eigenvalue weighted by molar-refractivity contribution is -0.122. The molecule has 1 aliphatic heterocycles. The molecule has 2 heterocycles. The quantitative estimate of drug-likeness (QED) is 0.688. The standard InChI is InChI=1S/C20H27N5O3/c1-13(26)23-19(16-4-2-3-11-21-16)15-7-5-14(6-8-15)12-22-20(28)17-9-10-18(27)25-24-17/h2-4,11,14-15,19H,5-10,12H2,1H3,(H,22,28)(H,23,26)(H,25,27)/t14?,15?,19-/m1/s1. The molecule has 3 amide bonds. The van der Waals surface area contributed by atoms with E-state index in [2.05, 4.69) is 26.1 Å². The van der Waals surface area contributed by atoms with Crippen molar-refractivity contribution in [1.29, 1.82) is 0 Å². The van der Waals surface area contributed by atoms with E-state index in [9.17, 15) is 14.4 Å². The van der Waals surface area contributed by atoms with Gasteiger partial charge in [-0.3, -0.25) is 19.4 Å². The molecule has 2 aliphatic rings. The molecular weight excluding hydrogens is 358 g/mol. The molecule has 0 unspecified atom stereocenters. The van der Waals surface area contributed by atoms with E-state index in [1.807, 2.05) is 18.2 Å². The molecule has 0 radical (unpaired) electrons. The lowest BCUT2D eigenvalue weighted by atomic mass is 9.77. The second-order valence-corrected chi connectivity index (χ2v) is 7.52. The zero-order valence-electron chi connectivity index (χ0n) is 16.1. The Balaban J connectivity index is 1.49. The number of pyridine rings is 1. The van der Waals surface area contributed by atoms with Crippen LogP contribution in [0.25, 0.3) is 0 Å². The summed E-state index contributed by atoms with van der Waals surface area (Å²) in [5, 5.41) is 9.83. The van der Waals surface area contributed by atoms with Crippen LogP contribution in [0.4, 0.5) is 0 Å². The number of hydrogen-bond acceptors (Lipinski definition) is 5. The normalized spacial score (nSPS) is 23.2. The topological polar surface area (TPSA) is 113 Å². The molecule has 0 aromatic carbocycles. The maximum Gasteiger partial charge on any atom is 0.267 e. The van der Waals surface area contributed by atoms with E-state index >= 15 is 0 Å². The van der Waals surface area contributed by atoms with Gasteiger partial charge in [0.1, 0.15) is 5.71 Å². The van der Waals surface area contributed by atoms with Crippen molar-refractivity contribution in [3.8, 4) is 0 Å². The van der Waals surface area contributed by atoms with Crippen LogP contribution in [0.15, 0.2) is 29.5 Å². The third-order valence-electron chi connectivity index (χ3n) is 5.45. The molecule has 1 saturated carbocycles. The van der Waals surface area contributed by atoms with Gasteiger partial charge in [-0.1, -0.05) is 6.07 Å². The van der Waals surface area contributed by atoms with E-state index < -0.39 is 0 Å². The number of nitrogens with one attached hydrogen (secondary N) is 3. The number of carbonyl (C=O) groups is 3. The second kappa shape index (κ2) is 9.43. The first-order valence-corrected chi connectivity index (χ1v) is 9.84. The fourth-order valence-corrected chi connectivity index (χ4v) is 3.91. The van der Waals surface area contributed by atoms with E-state index in [4.69, 9.17) is 0 Å². The molecule has 1 fully saturated rings. The summed E-state index contributed by atoms with van der Waals surface area (Å²) in [6.45, 7) is 2.14. The van der Waals surface area contributed by atoms with Gasteiger partial charge in [-0.25, -0.2) is 5.43 Å². The highest BCUT2D eigenvalue weighted by Gasteiger charge is 2.30. The summed E-state index contributed by atoms with van der Waals surface area (Å²) in [4.78, 5) is 39.4. The van der Waals surface area contributed by atoms with Crippen molar-refractivity contribution in [2.75, 3.05) is 6.54 Å². The Bertz CT molecular complexity index is 741. The Morgan fingerprint density at radius 1 is 1.21 bits per heavy atom. The molecular formula is C20H27N5O3. The predicted octanol–water partition coefficient (Wildman–Crippen LogP) is 1.45. The van der Waals surface area contributed by atoms with Crippen molar-refractivity contribution in [2.45, 2.75) is 51.5 Å². The average molecular weight is 385 g/mol. The largest absolute Gasteiger partial charge is 0.351 e. The van der Waals surface area contributed by atoms with Crippen molar-refractivity contribution >= 4 is 23.4 Å². The van der Waals surface area contributed by atoms with Crippen molar-refractivity contribution in [3.05, 3.63) is 30.1 Å². The Morgan fingerprint density at radius 3 is 2.61 bits per heavy atom. The first kappa shape index (κ1) is 20.0. The number of hydrogen-bond donors (Lipinski definition) is 3. The SMILES string of the molecule is CC(=O)N[C@@H](c1ccccn1)C1CCC(CNC(=O)C2=NNC(=O)CC2)CC1. The number of hydrazone groups is 1. The molecule has 0 bridgehead atoms. The summed E-state index contributed by atoms with van der Waals surface area (Å²) < 4.78 is 0. The van der Waals surface area contributed by atoms with Crippen molar-refractivity contribution in [2.24, 2.45) is 16.9 Å². The lowest BCUT2D eigenvalue weighted by Crippen LogP contribution is -2.40. The van der Waals surface area contributed by atoms with Gasteiger partial charge in [-0.05, 0) is 49.7 Å². The number of aromatic nitrogens is 1. The Labute approximate surface area is 164 Å². The van der Waals surface area contributed by atoms with Crippen LogP contribution in [-0.2, 0) is 14.4 Å². The van der Waals surface area contributed by atoms with Crippen molar-refractivity contribution < 1.29 is 14.4 Å². The van der Waals surface area contributed by atoms with Gasteiger partial charge in [0.2, 0.25) is 11.8 Å². The van der Waals surface area contributed by atoms with Gasteiger partial charge in [0.05, 0.1) is 11.7 Å². The second-order valence-electron chi connectivity index (χ2n) is 7.52. The zero-order chi connectivity index (χ0) is 19.9. The van der Waals surface area contributed by atoms with Crippen LogP contribution in [0.3, 0.4) is 0 Å². The van der Waals surface area contributed by atoms with E-state index in [0.717, 1.165) is 31.4 Å². The number of nitrogens with zero attached hydrogens (tertiary/aromatic N) is 2. The van der Waals surface area contributed by atoms with E-state index in [0.29, 0.717) is 36.9 Å². The van der Waals surface area contributed by atoms with Gasteiger partial charge in [0.15, 0.2) is 0 Å². The predicted molar refractivity (Wildman–Crippen MR) is 104 cm³/mol. The molecule has 0 saturated heterocycles. The summed E-state index contributed by atoms with van der Waals surface area (Å²) in [5.41, 5.74) is 3.63. The first-order chi connectivity index (χ1) is 13.5. The number of amides is 3. The van der Waals surface area contributed by atoms with E-state index in [-0.39, 0.29) is 23.8 Å². The van der Waals surface area contributed by atoms with Crippen molar-refractivity contribution in [3.63, 3.8) is 0 Å². The summed E-state index contributed by atoms with van der Waals surface area (Å²) in [6.07, 6.45) is 6.34. The summed E-state index contributed by atoms with van der Waals surface area (Å²) in [6, 6.07) is 5.69. The highest BCUT2D eigenvalue weighted by atomic mass is 16.2. The Hall–Kier alpha value is -2.77. The molecule has 1 aliphatic carbocycles. The van der Waals surface area contributed by atoms with Gasteiger partial charge >= 0.3 is 0 Å². The minimum Gasteiger partial charge on any atom is -0.351 e. The smallest absolute Gasteiger partial charge is 0.267 e.